The molecule has 0 bridgehead atoms. The van der Waals surface area contributed by atoms with Crippen molar-refractivity contribution in [3.05, 3.63) is 73.8 Å². The summed E-state index contributed by atoms with van der Waals surface area (Å²) in [4.78, 5) is 2.47. The summed E-state index contributed by atoms with van der Waals surface area (Å²) < 4.78 is 14.0. The van der Waals surface area contributed by atoms with Crippen molar-refractivity contribution in [2.75, 3.05) is 5.32 Å². The zero-order valence-electron chi connectivity index (χ0n) is 11.1. The third kappa shape index (κ3) is 3.64. The zero-order chi connectivity index (χ0) is 14.7. The van der Waals surface area contributed by atoms with Crippen molar-refractivity contribution in [2.24, 2.45) is 0 Å². The summed E-state index contributed by atoms with van der Waals surface area (Å²) in [5.74, 6) is -0.324. The lowest BCUT2D eigenvalue weighted by atomic mass is 10.1. The fraction of sp³-hybridized carbons (Fsp3) is 0.125. The molecule has 0 spiro atoms. The van der Waals surface area contributed by atoms with Crippen LogP contribution in [0.4, 0.5) is 10.1 Å². The van der Waals surface area contributed by atoms with Crippen molar-refractivity contribution in [1.29, 1.82) is 0 Å². The van der Waals surface area contributed by atoms with E-state index in [1.165, 1.54) is 15.8 Å². The number of nitrogens with one attached hydrogen (secondary N) is 1. The highest BCUT2D eigenvalue weighted by Gasteiger charge is 2.16. The van der Waals surface area contributed by atoms with Gasteiger partial charge in [0.15, 0.2) is 0 Å². The second kappa shape index (κ2) is 6.60. The number of hydrogen-bond acceptors (Lipinski definition) is 3. The molecule has 1 nitrogen and oxygen atoms in total. The molecule has 0 aliphatic rings. The quantitative estimate of drug-likeness (QED) is 0.602. The molecule has 3 aromatic rings. The molecule has 2 aromatic heterocycles. The largest absolute Gasteiger partial charge is 0.375 e. The molecule has 0 fully saturated rings. The van der Waals surface area contributed by atoms with Crippen molar-refractivity contribution in [2.45, 2.75) is 12.5 Å². The van der Waals surface area contributed by atoms with Gasteiger partial charge < -0.3 is 5.32 Å². The van der Waals surface area contributed by atoms with Crippen LogP contribution in [-0.4, -0.2) is 0 Å². The number of anilines is 1. The van der Waals surface area contributed by atoms with Crippen molar-refractivity contribution >= 4 is 40.0 Å². The lowest BCUT2D eigenvalue weighted by Gasteiger charge is -2.19. The minimum Gasteiger partial charge on any atom is -0.375 e. The monoisotopic (exact) mass is 337 g/mol. The smallest absolute Gasteiger partial charge is 0.147 e. The van der Waals surface area contributed by atoms with Gasteiger partial charge in [-0.15, -0.1) is 22.7 Å². The highest BCUT2D eigenvalue weighted by molar-refractivity contribution is 7.10. The molecular weight excluding hydrogens is 325 g/mol. The third-order valence-corrected chi connectivity index (χ3v) is 5.25. The first-order valence-electron chi connectivity index (χ1n) is 6.50. The van der Waals surface area contributed by atoms with Gasteiger partial charge in [0, 0.05) is 21.2 Å². The minimum atomic E-state index is -0.324. The second-order valence-corrected chi connectivity index (χ2v) is 7.07. The Morgan fingerprint density at radius 3 is 2.57 bits per heavy atom. The summed E-state index contributed by atoms with van der Waals surface area (Å²) in [6.07, 6.45) is 0.834. The van der Waals surface area contributed by atoms with Gasteiger partial charge in [-0.3, -0.25) is 0 Å². The molecule has 5 heteroatoms. The summed E-state index contributed by atoms with van der Waals surface area (Å²) in [7, 11) is 0. The first-order valence-corrected chi connectivity index (χ1v) is 8.63. The molecule has 1 N–H and O–H groups in total. The van der Waals surface area contributed by atoms with Crippen LogP contribution in [0.1, 0.15) is 15.8 Å². The van der Waals surface area contributed by atoms with E-state index in [-0.39, 0.29) is 11.9 Å². The van der Waals surface area contributed by atoms with E-state index in [1.807, 2.05) is 17.5 Å². The van der Waals surface area contributed by atoms with Gasteiger partial charge in [0.1, 0.15) is 5.82 Å². The van der Waals surface area contributed by atoms with E-state index in [9.17, 15) is 4.39 Å². The Kier molecular flexibility index (Phi) is 4.58. The number of hydrogen-bond donors (Lipinski definition) is 1. The molecule has 1 aromatic carbocycles. The van der Waals surface area contributed by atoms with Crippen LogP contribution >= 0.6 is 34.3 Å². The van der Waals surface area contributed by atoms with Gasteiger partial charge in [-0.1, -0.05) is 23.7 Å². The Bertz CT molecular complexity index is 695. The van der Waals surface area contributed by atoms with Crippen molar-refractivity contribution in [1.82, 2.24) is 0 Å². The molecule has 0 aliphatic heterocycles. The number of halogens is 2. The maximum atomic E-state index is 14.0. The standard InChI is InChI=1S/C16H13ClFNS2/c17-11-5-6-14(13(18)9-11)19-15(16-4-2-8-21-16)10-12-3-1-7-20-12/h1-9,15,19H,10H2. The molecule has 3 rings (SSSR count). The van der Waals surface area contributed by atoms with Crippen LogP contribution in [0.15, 0.2) is 53.2 Å². The van der Waals surface area contributed by atoms with Crippen molar-refractivity contribution in [3.63, 3.8) is 0 Å². The van der Waals surface area contributed by atoms with Crippen LogP contribution in [0.3, 0.4) is 0 Å². The average molecular weight is 338 g/mol. The van der Waals surface area contributed by atoms with Gasteiger partial charge in [0.25, 0.3) is 0 Å². The molecule has 1 unspecified atom stereocenters. The first-order chi connectivity index (χ1) is 10.2. The summed E-state index contributed by atoms with van der Waals surface area (Å²) in [6, 6.07) is 13.0. The van der Waals surface area contributed by atoms with E-state index in [1.54, 1.807) is 34.8 Å². The molecule has 0 radical (unpaired) electrons. The Morgan fingerprint density at radius 1 is 1.10 bits per heavy atom. The van der Waals surface area contributed by atoms with Gasteiger partial charge in [-0.25, -0.2) is 4.39 Å². The number of benzene rings is 1. The van der Waals surface area contributed by atoms with E-state index in [0.717, 1.165) is 6.42 Å². The van der Waals surface area contributed by atoms with E-state index in [2.05, 4.69) is 22.8 Å². The highest BCUT2D eigenvalue weighted by atomic mass is 35.5. The van der Waals surface area contributed by atoms with E-state index in [0.29, 0.717) is 10.7 Å². The number of thiophene rings is 2. The fourth-order valence-corrected chi connectivity index (χ4v) is 3.83. The molecule has 1 atom stereocenters. The van der Waals surface area contributed by atoms with Crippen LogP contribution in [0.2, 0.25) is 5.02 Å². The topological polar surface area (TPSA) is 12.0 Å². The molecule has 0 saturated carbocycles. The fourth-order valence-electron chi connectivity index (χ4n) is 2.14. The number of rotatable bonds is 5. The van der Waals surface area contributed by atoms with Crippen LogP contribution in [-0.2, 0) is 6.42 Å². The van der Waals surface area contributed by atoms with Gasteiger partial charge in [0.2, 0.25) is 0 Å². The van der Waals surface area contributed by atoms with Crippen LogP contribution in [0, 0.1) is 5.82 Å². The molecule has 21 heavy (non-hydrogen) atoms. The average Bonchev–Trinajstić information content (AvgIpc) is 3.13. The molecule has 0 amide bonds. The minimum absolute atomic E-state index is 0.0549. The first kappa shape index (κ1) is 14.6. The van der Waals surface area contributed by atoms with Crippen molar-refractivity contribution in [3.8, 4) is 0 Å². The van der Waals surface area contributed by atoms with Gasteiger partial charge in [-0.2, -0.15) is 0 Å². The second-order valence-electron chi connectivity index (χ2n) is 4.62. The SMILES string of the molecule is Fc1cc(Cl)ccc1NC(Cc1cccs1)c1cccs1. The molecule has 0 saturated heterocycles. The zero-order valence-corrected chi connectivity index (χ0v) is 13.4. The van der Waals surface area contributed by atoms with E-state index in [4.69, 9.17) is 11.6 Å². The van der Waals surface area contributed by atoms with E-state index < -0.39 is 0 Å². The lowest BCUT2D eigenvalue weighted by Crippen LogP contribution is -2.12. The summed E-state index contributed by atoms with van der Waals surface area (Å²) in [5, 5.41) is 7.80. The molecule has 0 aliphatic carbocycles. The maximum Gasteiger partial charge on any atom is 0.147 e. The lowest BCUT2D eigenvalue weighted by molar-refractivity contribution is 0.626. The Hall–Kier alpha value is -1.36. The van der Waals surface area contributed by atoms with Gasteiger partial charge >= 0.3 is 0 Å². The normalized spacial score (nSPS) is 12.3. The van der Waals surface area contributed by atoms with Gasteiger partial charge in [0.05, 0.1) is 11.7 Å². The van der Waals surface area contributed by atoms with Crippen LogP contribution in [0.5, 0.6) is 0 Å². The van der Waals surface area contributed by atoms with Gasteiger partial charge in [-0.05, 0) is 41.1 Å². The molecular formula is C16H13ClFNS2. The van der Waals surface area contributed by atoms with Crippen LogP contribution in [0.25, 0.3) is 0 Å². The molecule has 108 valence electrons. The van der Waals surface area contributed by atoms with Crippen LogP contribution < -0.4 is 5.32 Å². The van der Waals surface area contributed by atoms with Crippen molar-refractivity contribution < 1.29 is 4.39 Å². The highest BCUT2D eigenvalue weighted by Crippen LogP contribution is 2.30. The molecule has 2 heterocycles. The predicted molar refractivity (Wildman–Crippen MR) is 90.1 cm³/mol. The Balaban J connectivity index is 1.85. The maximum absolute atomic E-state index is 14.0. The summed E-state index contributed by atoms with van der Waals surface area (Å²) in [6.45, 7) is 0. The Labute approximate surface area is 136 Å². The van der Waals surface area contributed by atoms with E-state index >= 15 is 0 Å². The third-order valence-electron chi connectivity index (χ3n) is 3.13. The summed E-state index contributed by atoms with van der Waals surface area (Å²) in [5.41, 5.74) is 0.481. The Morgan fingerprint density at radius 2 is 1.90 bits per heavy atom. The summed E-state index contributed by atoms with van der Waals surface area (Å²) >= 11 is 9.19. The predicted octanol–water partition coefficient (Wildman–Crippen LogP) is 6.00.